The molecule has 0 aliphatic carbocycles. The minimum absolute atomic E-state index is 0.0619. The van der Waals surface area contributed by atoms with Crippen LogP contribution in [0.4, 0.5) is 21.7 Å². The summed E-state index contributed by atoms with van der Waals surface area (Å²) >= 11 is 5.71. The molecule has 3 aromatic rings. The molecule has 2 N–H and O–H groups in total. The average Bonchev–Trinajstić information content (AvgIpc) is 2.66. The van der Waals surface area contributed by atoms with Gasteiger partial charge in [0, 0.05) is 23.8 Å². The van der Waals surface area contributed by atoms with Gasteiger partial charge >= 0.3 is 0 Å². The summed E-state index contributed by atoms with van der Waals surface area (Å²) in [4.78, 5) is 20.6. The Labute approximate surface area is 155 Å². The third kappa shape index (κ3) is 4.15. The van der Waals surface area contributed by atoms with Gasteiger partial charge in [-0.2, -0.15) is 0 Å². The largest absolute Gasteiger partial charge is 0.324 e. The molecule has 0 aliphatic rings. The standard InChI is InChI=1S/C19H16ClFN4O/c1-2-12-5-3-4-6-17(12)25-19-22-10-13(11-23-19)18(26)24-14-7-8-16(21)15(20)9-14/h3-11H,2H2,1H3,(H,24,26)(H,22,23,25). The molecule has 2 aromatic carbocycles. The van der Waals surface area contributed by atoms with E-state index >= 15 is 0 Å². The SMILES string of the molecule is CCc1ccccc1Nc1ncc(C(=O)Nc2ccc(F)c(Cl)c2)cn1. The molecule has 1 aromatic heterocycles. The fraction of sp³-hybridized carbons (Fsp3) is 0.105. The number of halogens is 2. The van der Waals surface area contributed by atoms with E-state index in [1.807, 2.05) is 24.3 Å². The zero-order valence-corrected chi connectivity index (χ0v) is 14.7. The Balaban J connectivity index is 1.70. The zero-order chi connectivity index (χ0) is 18.5. The smallest absolute Gasteiger partial charge is 0.258 e. The number of amides is 1. The van der Waals surface area contributed by atoms with Crippen LogP contribution in [-0.2, 0) is 6.42 Å². The summed E-state index contributed by atoms with van der Waals surface area (Å²) in [5, 5.41) is 5.70. The van der Waals surface area contributed by atoms with Crippen LogP contribution in [0.3, 0.4) is 0 Å². The van der Waals surface area contributed by atoms with E-state index in [4.69, 9.17) is 11.6 Å². The van der Waals surface area contributed by atoms with Gasteiger partial charge in [0.05, 0.1) is 10.6 Å². The molecule has 1 amide bonds. The van der Waals surface area contributed by atoms with E-state index in [0.29, 0.717) is 11.6 Å². The van der Waals surface area contributed by atoms with Crippen LogP contribution in [0.25, 0.3) is 0 Å². The van der Waals surface area contributed by atoms with Gasteiger partial charge in [-0.25, -0.2) is 14.4 Å². The van der Waals surface area contributed by atoms with E-state index in [9.17, 15) is 9.18 Å². The van der Waals surface area contributed by atoms with E-state index in [1.165, 1.54) is 30.6 Å². The maximum absolute atomic E-state index is 13.2. The number of hydrogen-bond acceptors (Lipinski definition) is 4. The second-order valence-electron chi connectivity index (χ2n) is 5.51. The second-order valence-corrected chi connectivity index (χ2v) is 5.92. The number of para-hydroxylation sites is 1. The van der Waals surface area contributed by atoms with Crippen molar-refractivity contribution >= 4 is 34.8 Å². The van der Waals surface area contributed by atoms with Gasteiger partial charge in [0.25, 0.3) is 5.91 Å². The Bertz CT molecular complexity index is 931. The lowest BCUT2D eigenvalue weighted by Crippen LogP contribution is -2.13. The summed E-state index contributed by atoms with van der Waals surface area (Å²) in [6.07, 6.45) is 3.72. The second kappa shape index (κ2) is 7.93. The summed E-state index contributed by atoms with van der Waals surface area (Å²) < 4.78 is 13.2. The van der Waals surface area contributed by atoms with E-state index in [1.54, 1.807) is 0 Å². The Morgan fingerprint density at radius 1 is 1.15 bits per heavy atom. The predicted octanol–water partition coefficient (Wildman–Crippen LogP) is 4.83. The van der Waals surface area contributed by atoms with Gasteiger partial charge in [-0.1, -0.05) is 36.7 Å². The maximum Gasteiger partial charge on any atom is 0.258 e. The fourth-order valence-electron chi connectivity index (χ4n) is 2.36. The first kappa shape index (κ1) is 17.8. The van der Waals surface area contributed by atoms with Crippen molar-refractivity contribution in [3.8, 4) is 0 Å². The highest BCUT2D eigenvalue weighted by Gasteiger charge is 2.10. The number of anilines is 3. The number of rotatable bonds is 5. The third-order valence-electron chi connectivity index (χ3n) is 3.74. The topological polar surface area (TPSA) is 66.9 Å². The van der Waals surface area contributed by atoms with Gasteiger partial charge in [-0.3, -0.25) is 4.79 Å². The minimum atomic E-state index is -0.546. The summed E-state index contributed by atoms with van der Waals surface area (Å²) in [6.45, 7) is 2.07. The van der Waals surface area contributed by atoms with E-state index in [2.05, 4.69) is 27.5 Å². The molecule has 1 heterocycles. The molecule has 0 saturated carbocycles. The Hall–Kier alpha value is -2.99. The lowest BCUT2D eigenvalue weighted by molar-refractivity contribution is 0.102. The molecular weight excluding hydrogens is 355 g/mol. The van der Waals surface area contributed by atoms with Crippen LogP contribution in [0.2, 0.25) is 5.02 Å². The first-order chi connectivity index (χ1) is 12.6. The molecule has 0 spiro atoms. The van der Waals surface area contributed by atoms with Gasteiger partial charge in [0.1, 0.15) is 5.82 Å². The molecule has 0 atom stereocenters. The van der Waals surface area contributed by atoms with Gasteiger partial charge in [0.15, 0.2) is 0 Å². The number of nitrogens with one attached hydrogen (secondary N) is 2. The molecule has 7 heteroatoms. The number of hydrogen-bond donors (Lipinski definition) is 2. The summed E-state index contributed by atoms with van der Waals surface area (Å²) in [6, 6.07) is 11.8. The number of carbonyl (C=O) groups is 1. The molecule has 132 valence electrons. The number of benzene rings is 2. The van der Waals surface area contributed by atoms with Crippen molar-refractivity contribution in [2.24, 2.45) is 0 Å². The van der Waals surface area contributed by atoms with Crippen molar-refractivity contribution in [1.29, 1.82) is 0 Å². The normalized spacial score (nSPS) is 10.4. The maximum atomic E-state index is 13.2. The molecule has 3 rings (SSSR count). The van der Waals surface area contributed by atoms with Crippen molar-refractivity contribution in [2.75, 3.05) is 10.6 Å². The third-order valence-corrected chi connectivity index (χ3v) is 4.03. The molecule has 0 radical (unpaired) electrons. The zero-order valence-electron chi connectivity index (χ0n) is 14.0. The molecule has 0 bridgehead atoms. The molecule has 26 heavy (non-hydrogen) atoms. The van der Waals surface area contributed by atoms with Crippen LogP contribution in [0, 0.1) is 5.82 Å². The van der Waals surface area contributed by atoms with Crippen LogP contribution >= 0.6 is 11.6 Å². The molecule has 0 fully saturated rings. The highest BCUT2D eigenvalue weighted by atomic mass is 35.5. The molecule has 5 nitrogen and oxygen atoms in total. The average molecular weight is 371 g/mol. The van der Waals surface area contributed by atoms with Crippen LogP contribution in [0.5, 0.6) is 0 Å². The van der Waals surface area contributed by atoms with Crippen LogP contribution in [0.1, 0.15) is 22.8 Å². The monoisotopic (exact) mass is 370 g/mol. The van der Waals surface area contributed by atoms with Crippen molar-refractivity contribution in [2.45, 2.75) is 13.3 Å². The Morgan fingerprint density at radius 3 is 2.58 bits per heavy atom. The molecule has 0 unspecified atom stereocenters. The number of nitrogens with zero attached hydrogens (tertiary/aromatic N) is 2. The van der Waals surface area contributed by atoms with Crippen LogP contribution in [-0.4, -0.2) is 15.9 Å². The summed E-state index contributed by atoms with van der Waals surface area (Å²) in [5.74, 6) is -0.559. The first-order valence-corrected chi connectivity index (χ1v) is 8.38. The van der Waals surface area contributed by atoms with Gasteiger partial charge in [0.2, 0.25) is 5.95 Å². The van der Waals surface area contributed by atoms with Crippen molar-refractivity contribution in [3.63, 3.8) is 0 Å². The molecule has 0 saturated heterocycles. The Kier molecular flexibility index (Phi) is 5.43. The highest BCUT2D eigenvalue weighted by molar-refractivity contribution is 6.31. The number of aromatic nitrogens is 2. The van der Waals surface area contributed by atoms with E-state index < -0.39 is 11.7 Å². The highest BCUT2D eigenvalue weighted by Crippen LogP contribution is 2.21. The van der Waals surface area contributed by atoms with E-state index in [0.717, 1.165) is 17.7 Å². The van der Waals surface area contributed by atoms with E-state index in [-0.39, 0.29) is 10.6 Å². The van der Waals surface area contributed by atoms with Gasteiger partial charge in [-0.05, 0) is 36.2 Å². The first-order valence-electron chi connectivity index (χ1n) is 8.00. The van der Waals surface area contributed by atoms with Gasteiger partial charge in [-0.15, -0.1) is 0 Å². The fourth-order valence-corrected chi connectivity index (χ4v) is 2.54. The lowest BCUT2D eigenvalue weighted by atomic mass is 10.1. The Morgan fingerprint density at radius 2 is 1.88 bits per heavy atom. The van der Waals surface area contributed by atoms with Crippen LogP contribution in [0.15, 0.2) is 54.9 Å². The molecular formula is C19H16ClFN4O. The number of carbonyl (C=O) groups excluding carboxylic acids is 1. The van der Waals surface area contributed by atoms with Crippen molar-refractivity contribution in [1.82, 2.24) is 9.97 Å². The predicted molar refractivity (Wildman–Crippen MR) is 100 cm³/mol. The molecule has 0 aliphatic heterocycles. The van der Waals surface area contributed by atoms with Crippen molar-refractivity contribution < 1.29 is 9.18 Å². The van der Waals surface area contributed by atoms with Crippen molar-refractivity contribution in [3.05, 3.63) is 76.8 Å². The summed E-state index contributed by atoms with van der Waals surface area (Å²) in [5.41, 5.74) is 2.74. The lowest BCUT2D eigenvalue weighted by Gasteiger charge is -2.10. The minimum Gasteiger partial charge on any atom is -0.324 e. The quantitative estimate of drug-likeness (QED) is 0.675. The van der Waals surface area contributed by atoms with Gasteiger partial charge < -0.3 is 10.6 Å². The number of aryl methyl sites for hydroxylation is 1. The van der Waals surface area contributed by atoms with Crippen LogP contribution < -0.4 is 10.6 Å². The summed E-state index contributed by atoms with van der Waals surface area (Å²) in [7, 11) is 0.